The second-order valence-corrected chi connectivity index (χ2v) is 7.66. The summed E-state index contributed by atoms with van der Waals surface area (Å²) in [6, 6.07) is 0.0542. The minimum atomic E-state index is -3.20. The van der Waals surface area contributed by atoms with E-state index in [2.05, 4.69) is 14.9 Å². The van der Waals surface area contributed by atoms with Gasteiger partial charge in [0.2, 0.25) is 10.0 Å². The number of ether oxygens (including phenoxy) is 1. The normalized spacial score (nSPS) is 27.4. The number of nitrogens with zero attached hydrogens (tertiary/aromatic N) is 1. The van der Waals surface area contributed by atoms with Crippen LogP contribution in [-0.4, -0.2) is 70.5 Å². The van der Waals surface area contributed by atoms with Crippen LogP contribution >= 0.6 is 0 Å². The molecule has 2 heterocycles. The summed E-state index contributed by atoms with van der Waals surface area (Å²) in [6.45, 7) is 6.87. The maximum Gasteiger partial charge on any atom is 0.213 e. The molecule has 0 aromatic heterocycles. The van der Waals surface area contributed by atoms with Gasteiger partial charge in [0.15, 0.2) is 0 Å². The number of morpholine rings is 1. The van der Waals surface area contributed by atoms with Crippen LogP contribution in [0, 0.1) is 0 Å². The first-order valence-electron chi connectivity index (χ1n) is 7.59. The molecule has 0 bridgehead atoms. The second kappa shape index (κ2) is 7.70. The van der Waals surface area contributed by atoms with Gasteiger partial charge in [-0.15, -0.1) is 0 Å². The molecule has 2 rings (SSSR count). The Morgan fingerprint density at radius 2 is 2.10 bits per heavy atom. The third-order valence-electron chi connectivity index (χ3n) is 3.85. The van der Waals surface area contributed by atoms with Gasteiger partial charge in [0.1, 0.15) is 0 Å². The Hall–Kier alpha value is -0.210. The van der Waals surface area contributed by atoms with Crippen molar-refractivity contribution in [3.05, 3.63) is 0 Å². The van der Waals surface area contributed by atoms with Crippen LogP contribution in [-0.2, 0) is 14.8 Å². The average Bonchev–Trinajstić information content (AvgIpc) is 2.39. The first-order chi connectivity index (χ1) is 9.55. The van der Waals surface area contributed by atoms with Crippen molar-refractivity contribution in [1.29, 1.82) is 0 Å². The van der Waals surface area contributed by atoms with Crippen molar-refractivity contribution in [2.45, 2.75) is 38.3 Å². The van der Waals surface area contributed by atoms with Gasteiger partial charge in [-0.2, -0.15) is 0 Å². The maximum atomic E-state index is 12.2. The molecular formula is C13H27N3O3S. The van der Waals surface area contributed by atoms with Crippen LogP contribution in [0.2, 0.25) is 0 Å². The van der Waals surface area contributed by atoms with E-state index >= 15 is 0 Å². The van der Waals surface area contributed by atoms with Gasteiger partial charge < -0.3 is 10.1 Å². The highest BCUT2D eigenvalue weighted by Gasteiger charge is 2.23. The molecule has 2 unspecified atom stereocenters. The fraction of sp³-hybridized carbons (Fsp3) is 1.00. The summed E-state index contributed by atoms with van der Waals surface area (Å²) in [5, 5.41) is 3.28. The Morgan fingerprint density at radius 3 is 2.75 bits per heavy atom. The van der Waals surface area contributed by atoms with Gasteiger partial charge in [0.25, 0.3) is 0 Å². The topological polar surface area (TPSA) is 70.7 Å². The fourth-order valence-electron chi connectivity index (χ4n) is 2.89. The molecule has 2 N–H and O–H groups in total. The van der Waals surface area contributed by atoms with Crippen LogP contribution in [0.25, 0.3) is 0 Å². The summed E-state index contributed by atoms with van der Waals surface area (Å²) in [7, 11) is -3.20. The molecule has 2 fully saturated rings. The highest BCUT2D eigenvalue weighted by Crippen LogP contribution is 2.09. The molecule has 0 amide bonds. The first kappa shape index (κ1) is 16.2. The third kappa shape index (κ3) is 5.65. The van der Waals surface area contributed by atoms with Gasteiger partial charge in [-0.3, -0.25) is 4.90 Å². The Kier molecular flexibility index (Phi) is 6.22. The van der Waals surface area contributed by atoms with E-state index in [4.69, 9.17) is 4.74 Å². The SMILES string of the molecule is CC(CN1CCOCC1)NS(=O)(=O)CC1CCCCN1. The Morgan fingerprint density at radius 1 is 1.35 bits per heavy atom. The van der Waals surface area contributed by atoms with Crippen molar-refractivity contribution in [3.63, 3.8) is 0 Å². The van der Waals surface area contributed by atoms with Crippen molar-refractivity contribution < 1.29 is 13.2 Å². The lowest BCUT2D eigenvalue weighted by Gasteiger charge is -2.30. The van der Waals surface area contributed by atoms with Gasteiger partial charge in [0, 0.05) is 31.7 Å². The molecule has 2 atom stereocenters. The predicted octanol–water partition coefficient (Wildman–Crippen LogP) is -0.231. The van der Waals surface area contributed by atoms with E-state index in [0.717, 1.165) is 58.7 Å². The van der Waals surface area contributed by atoms with Crippen LogP contribution < -0.4 is 10.0 Å². The van der Waals surface area contributed by atoms with E-state index in [-0.39, 0.29) is 17.8 Å². The van der Waals surface area contributed by atoms with Crippen molar-refractivity contribution in [2.75, 3.05) is 45.1 Å². The van der Waals surface area contributed by atoms with Gasteiger partial charge in [-0.1, -0.05) is 6.42 Å². The van der Waals surface area contributed by atoms with E-state index in [0.29, 0.717) is 0 Å². The molecule has 2 saturated heterocycles. The molecule has 20 heavy (non-hydrogen) atoms. The summed E-state index contributed by atoms with van der Waals surface area (Å²) in [5.41, 5.74) is 0. The minimum Gasteiger partial charge on any atom is -0.379 e. The standard InChI is InChI=1S/C13H27N3O3S/c1-12(10-16-6-8-19-9-7-16)15-20(17,18)11-13-4-2-3-5-14-13/h12-15H,2-11H2,1H3. The van der Waals surface area contributed by atoms with Crippen LogP contribution in [0.4, 0.5) is 0 Å². The largest absolute Gasteiger partial charge is 0.379 e. The number of hydrogen-bond acceptors (Lipinski definition) is 5. The molecule has 0 radical (unpaired) electrons. The van der Waals surface area contributed by atoms with E-state index in [1.807, 2.05) is 6.92 Å². The second-order valence-electron chi connectivity index (χ2n) is 5.86. The first-order valence-corrected chi connectivity index (χ1v) is 9.24. The minimum absolute atomic E-state index is 0.0540. The molecule has 7 heteroatoms. The summed E-state index contributed by atoms with van der Waals surface area (Å²) in [6.07, 6.45) is 3.23. The van der Waals surface area contributed by atoms with Crippen LogP contribution in [0.15, 0.2) is 0 Å². The highest BCUT2D eigenvalue weighted by molar-refractivity contribution is 7.89. The summed E-state index contributed by atoms with van der Waals surface area (Å²) < 4.78 is 32.4. The lowest BCUT2D eigenvalue weighted by atomic mass is 10.1. The van der Waals surface area contributed by atoms with E-state index in [9.17, 15) is 8.42 Å². The van der Waals surface area contributed by atoms with Crippen molar-refractivity contribution in [3.8, 4) is 0 Å². The van der Waals surface area contributed by atoms with Crippen LogP contribution in [0.1, 0.15) is 26.2 Å². The molecule has 0 aromatic rings. The number of nitrogens with one attached hydrogen (secondary N) is 2. The molecule has 0 aromatic carbocycles. The zero-order valence-electron chi connectivity index (χ0n) is 12.3. The van der Waals surface area contributed by atoms with Crippen molar-refractivity contribution in [2.24, 2.45) is 0 Å². The van der Waals surface area contributed by atoms with Gasteiger partial charge in [-0.25, -0.2) is 13.1 Å². The van der Waals surface area contributed by atoms with Crippen LogP contribution in [0.3, 0.4) is 0 Å². The van der Waals surface area contributed by atoms with Gasteiger partial charge in [0.05, 0.1) is 19.0 Å². The Labute approximate surface area is 122 Å². The quantitative estimate of drug-likeness (QED) is 0.709. The molecule has 2 aliphatic heterocycles. The Balaban J connectivity index is 1.74. The smallest absolute Gasteiger partial charge is 0.213 e. The third-order valence-corrected chi connectivity index (χ3v) is 5.45. The number of hydrogen-bond donors (Lipinski definition) is 2. The zero-order chi connectivity index (χ0) is 14.4. The molecule has 6 nitrogen and oxygen atoms in total. The number of sulfonamides is 1. The lowest BCUT2D eigenvalue weighted by molar-refractivity contribution is 0.0354. The molecule has 2 aliphatic rings. The van der Waals surface area contributed by atoms with Gasteiger partial charge in [-0.05, 0) is 26.3 Å². The number of rotatable bonds is 6. The summed E-state index contributed by atoms with van der Waals surface area (Å²) >= 11 is 0. The van der Waals surface area contributed by atoms with E-state index in [1.54, 1.807) is 0 Å². The van der Waals surface area contributed by atoms with Crippen molar-refractivity contribution in [1.82, 2.24) is 14.9 Å². The summed E-state index contributed by atoms with van der Waals surface area (Å²) in [5.74, 6) is 0.195. The maximum absolute atomic E-state index is 12.2. The van der Waals surface area contributed by atoms with Gasteiger partial charge >= 0.3 is 0 Å². The van der Waals surface area contributed by atoms with E-state index in [1.165, 1.54) is 0 Å². The lowest BCUT2D eigenvalue weighted by Crippen LogP contribution is -2.49. The summed E-state index contributed by atoms with van der Waals surface area (Å²) in [4.78, 5) is 2.25. The molecule has 0 spiro atoms. The predicted molar refractivity (Wildman–Crippen MR) is 79.3 cm³/mol. The highest BCUT2D eigenvalue weighted by atomic mass is 32.2. The fourth-order valence-corrected chi connectivity index (χ4v) is 4.49. The molecular weight excluding hydrogens is 278 g/mol. The molecule has 118 valence electrons. The Bertz CT molecular complexity index is 376. The van der Waals surface area contributed by atoms with E-state index < -0.39 is 10.0 Å². The molecule has 0 aliphatic carbocycles. The monoisotopic (exact) mass is 305 g/mol. The molecule has 0 saturated carbocycles. The van der Waals surface area contributed by atoms with Crippen molar-refractivity contribution >= 4 is 10.0 Å². The van der Waals surface area contributed by atoms with Crippen LogP contribution in [0.5, 0.6) is 0 Å². The average molecular weight is 305 g/mol. The number of piperidine rings is 1. The zero-order valence-corrected chi connectivity index (χ0v) is 13.1.